The fraction of sp³-hybridized carbons (Fsp3) is 0.0923. The first-order valence-electron chi connectivity index (χ1n) is 24.5. The van der Waals surface area contributed by atoms with Crippen LogP contribution in [0.3, 0.4) is 0 Å². The standard InChI is InChI=1S/C65H46N4O/c1-68-63(43-21-15-19-41(37-43)40-17-3-2-4-18-40)66-62(67-64(68)44-33-34-50-49-26-9-14-32-58(49)70-59(50)39-44)42-20-16-22-45(38-42)69-57-31-13-8-25-48(57)51-35-36-56-60(61(51)69)52-27-7-12-30-55(52)65(56)53-28-10-5-23-46(53)47-24-6-11-29-54(47)65/h2-15,17-21,23-39,62,64,67H,16,22H2,1H3. The highest BCUT2D eigenvalue weighted by Gasteiger charge is 2.52. The van der Waals surface area contributed by atoms with Gasteiger partial charge >= 0.3 is 0 Å². The quantitative estimate of drug-likeness (QED) is 0.187. The highest BCUT2D eigenvalue weighted by Crippen LogP contribution is 2.64. The Morgan fingerprint density at radius 2 is 1.19 bits per heavy atom. The summed E-state index contributed by atoms with van der Waals surface area (Å²) in [7, 11) is 2.16. The fourth-order valence-corrected chi connectivity index (χ4v) is 12.8. The molecule has 3 heterocycles. The molecule has 15 rings (SSSR count). The van der Waals surface area contributed by atoms with Crippen molar-refractivity contribution in [3.63, 3.8) is 0 Å². The van der Waals surface area contributed by atoms with Gasteiger partial charge in [-0.25, -0.2) is 4.99 Å². The van der Waals surface area contributed by atoms with Crippen LogP contribution in [0.5, 0.6) is 0 Å². The van der Waals surface area contributed by atoms with Crippen LogP contribution in [0.15, 0.2) is 233 Å². The van der Waals surface area contributed by atoms with Crippen molar-refractivity contribution in [1.29, 1.82) is 0 Å². The maximum atomic E-state index is 6.48. The van der Waals surface area contributed by atoms with Gasteiger partial charge in [0, 0.05) is 45.4 Å². The van der Waals surface area contributed by atoms with Gasteiger partial charge in [-0.3, -0.25) is 5.32 Å². The zero-order valence-corrected chi connectivity index (χ0v) is 38.6. The molecular weight excluding hydrogens is 853 g/mol. The van der Waals surface area contributed by atoms with Crippen LogP contribution in [0.25, 0.3) is 82.8 Å². The lowest BCUT2D eigenvalue weighted by Crippen LogP contribution is -2.49. The average Bonchev–Trinajstić information content (AvgIpc) is 4.15. The number of aliphatic imine (C=N–C) groups is 1. The molecule has 0 saturated heterocycles. The van der Waals surface area contributed by atoms with Crippen molar-refractivity contribution < 1.29 is 4.42 Å². The minimum absolute atomic E-state index is 0.198. The molecule has 4 aliphatic rings. The summed E-state index contributed by atoms with van der Waals surface area (Å²) >= 11 is 0. The molecule has 0 amide bonds. The Labute approximate surface area is 406 Å². The Hall–Kier alpha value is -8.51. The number of nitrogens with zero attached hydrogens (tertiary/aromatic N) is 3. The summed E-state index contributed by atoms with van der Waals surface area (Å²) in [6.45, 7) is 0. The summed E-state index contributed by atoms with van der Waals surface area (Å²) < 4.78 is 9.09. The van der Waals surface area contributed by atoms with Crippen molar-refractivity contribution in [3.8, 4) is 33.4 Å². The van der Waals surface area contributed by atoms with Crippen molar-refractivity contribution in [2.24, 2.45) is 4.99 Å². The van der Waals surface area contributed by atoms with E-state index in [4.69, 9.17) is 9.41 Å². The molecule has 5 heteroatoms. The van der Waals surface area contributed by atoms with Crippen LogP contribution >= 0.6 is 0 Å². The first-order chi connectivity index (χ1) is 34.6. The third-order valence-corrected chi connectivity index (χ3v) is 15.7. The lowest BCUT2D eigenvalue weighted by molar-refractivity contribution is 0.270. The highest BCUT2D eigenvalue weighted by atomic mass is 16.3. The Morgan fingerprint density at radius 3 is 2.00 bits per heavy atom. The van der Waals surface area contributed by atoms with Crippen LogP contribution in [-0.2, 0) is 5.41 Å². The van der Waals surface area contributed by atoms with Crippen LogP contribution in [-0.4, -0.2) is 28.5 Å². The lowest BCUT2D eigenvalue weighted by Gasteiger charge is -2.40. The molecule has 1 spiro atoms. The minimum atomic E-state index is -0.429. The Balaban J connectivity index is 0.918. The second kappa shape index (κ2) is 15.0. The number of aromatic nitrogens is 1. The van der Waals surface area contributed by atoms with Gasteiger partial charge in [-0.2, -0.15) is 0 Å². The number of hydrogen-bond donors (Lipinski definition) is 1. The number of hydrogen-bond acceptors (Lipinski definition) is 4. The third-order valence-electron chi connectivity index (χ3n) is 15.7. The highest BCUT2D eigenvalue weighted by molar-refractivity contribution is 6.17. The molecule has 0 bridgehead atoms. The topological polar surface area (TPSA) is 45.7 Å². The number of rotatable bonds is 5. The molecular formula is C65H46N4O. The maximum absolute atomic E-state index is 6.48. The molecule has 1 N–H and O–H groups in total. The van der Waals surface area contributed by atoms with Crippen molar-refractivity contribution >= 4 is 55.3 Å². The maximum Gasteiger partial charge on any atom is 0.135 e. The molecule has 70 heavy (non-hydrogen) atoms. The van der Waals surface area contributed by atoms with Crippen LogP contribution in [0.1, 0.15) is 52.4 Å². The SMILES string of the molecule is CN1C(c2cccc(-c3ccccc3)c2)=NC(C2=CCCC(n3c4ccccc4c4ccc5c(c43)-c3ccccc3C53c4ccccc4-c4ccccc43)=C2)NC1c1ccc2c(c1)oc1ccccc12. The van der Waals surface area contributed by atoms with Gasteiger partial charge in [0.1, 0.15) is 29.3 Å². The number of para-hydroxylation sites is 2. The number of allylic oxidation sites excluding steroid dienone is 2. The first-order valence-corrected chi connectivity index (χ1v) is 24.5. The van der Waals surface area contributed by atoms with E-state index < -0.39 is 5.41 Å². The van der Waals surface area contributed by atoms with Gasteiger partial charge in [0.05, 0.1) is 16.4 Å². The molecule has 0 radical (unpaired) electrons. The van der Waals surface area contributed by atoms with Crippen LogP contribution in [0.4, 0.5) is 0 Å². The average molecular weight is 899 g/mol. The van der Waals surface area contributed by atoms with Crippen LogP contribution in [0, 0.1) is 0 Å². The van der Waals surface area contributed by atoms with Gasteiger partial charge < -0.3 is 13.9 Å². The second-order valence-corrected chi connectivity index (χ2v) is 19.3. The van der Waals surface area contributed by atoms with Gasteiger partial charge in [0.25, 0.3) is 0 Å². The van der Waals surface area contributed by atoms with E-state index in [1.807, 2.05) is 6.07 Å². The van der Waals surface area contributed by atoms with Crippen molar-refractivity contribution in [3.05, 3.63) is 257 Å². The molecule has 9 aromatic carbocycles. The number of fused-ring (bicyclic) bond motifs is 17. The summed E-state index contributed by atoms with van der Waals surface area (Å²) in [5, 5.41) is 8.84. The van der Waals surface area contributed by atoms with Crippen molar-refractivity contribution in [2.45, 2.75) is 30.6 Å². The zero-order chi connectivity index (χ0) is 46.1. The number of furan rings is 1. The number of nitrogens with one attached hydrogen (secondary N) is 1. The smallest absolute Gasteiger partial charge is 0.135 e. The van der Waals surface area contributed by atoms with Crippen molar-refractivity contribution in [1.82, 2.24) is 14.8 Å². The van der Waals surface area contributed by atoms with E-state index in [9.17, 15) is 0 Å². The molecule has 11 aromatic rings. The normalized spacial score (nSPS) is 17.7. The van der Waals surface area contributed by atoms with Gasteiger partial charge in [0.2, 0.25) is 0 Å². The Bertz CT molecular complexity index is 4050. The van der Waals surface area contributed by atoms with Crippen LogP contribution < -0.4 is 5.32 Å². The molecule has 332 valence electrons. The second-order valence-electron chi connectivity index (χ2n) is 19.3. The molecule has 0 fully saturated rings. The molecule has 0 saturated carbocycles. The first kappa shape index (κ1) is 39.5. The lowest BCUT2D eigenvalue weighted by atomic mass is 9.70. The Kier molecular flexibility index (Phi) is 8.46. The van der Waals surface area contributed by atoms with Gasteiger partial charge in [-0.1, -0.05) is 188 Å². The monoisotopic (exact) mass is 898 g/mol. The number of amidine groups is 1. The largest absolute Gasteiger partial charge is 0.456 e. The van der Waals surface area contributed by atoms with E-state index in [0.717, 1.165) is 62.9 Å². The minimum Gasteiger partial charge on any atom is -0.456 e. The summed E-state index contributed by atoms with van der Waals surface area (Å²) in [6, 6.07) is 75.7. The molecule has 5 nitrogen and oxygen atoms in total. The third kappa shape index (κ3) is 5.49. The number of benzene rings is 9. The van der Waals surface area contributed by atoms with Gasteiger partial charge in [0.15, 0.2) is 0 Å². The van der Waals surface area contributed by atoms with E-state index in [-0.39, 0.29) is 12.3 Å². The summed E-state index contributed by atoms with van der Waals surface area (Å²) in [5.74, 6) is 0.936. The van der Waals surface area contributed by atoms with E-state index in [1.54, 1.807) is 0 Å². The van der Waals surface area contributed by atoms with E-state index >= 15 is 0 Å². The summed E-state index contributed by atoms with van der Waals surface area (Å²) in [6.07, 6.45) is 6.11. The van der Waals surface area contributed by atoms with Crippen LogP contribution in [0.2, 0.25) is 0 Å². The molecule has 1 aliphatic heterocycles. The molecule has 2 aromatic heterocycles. The molecule has 2 atom stereocenters. The predicted molar refractivity (Wildman–Crippen MR) is 287 cm³/mol. The van der Waals surface area contributed by atoms with Gasteiger partial charge in [-0.15, -0.1) is 0 Å². The predicted octanol–water partition coefficient (Wildman–Crippen LogP) is 15.3. The zero-order valence-electron chi connectivity index (χ0n) is 38.6. The Morgan fingerprint density at radius 1 is 0.543 bits per heavy atom. The van der Waals surface area contributed by atoms with E-state index in [1.165, 1.54) is 77.6 Å². The van der Waals surface area contributed by atoms with E-state index in [0.29, 0.717) is 0 Å². The summed E-state index contributed by atoms with van der Waals surface area (Å²) in [5.41, 5.74) is 21.5. The molecule has 3 aliphatic carbocycles. The van der Waals surface area contributed by atoms with Crippen molar-refractivity contribution in [2.75, 3.05) is 7.05 Å². The molecule has 2 unspecified atom stereocenters. The van der Waals surface area contributed by atoms with E-state index in [2.05, 4.69) is 234 Å². The summed E-state index contributed by atoms with van der Waals surface area (Å²) in [4.78, 5) is 7.96. The fourth-order valence-electron chi connectivity index (χ4n) is 12.8. The van der Waals surface area contributed by atoms with Gasteiger partial charge in [-0.05, 0) is 104 Å².